The summed E-state index contributed by atoms with van der Waals surface area (Å²) in [4.78, 5) is 8.69. The summed E-state index contributed by atoms with van der Waals surface area (Å²) < 4.78 is 0. The molecule has 3 aromatic rings. The maximum Gasteiger partial charge on any atom is 0.0964 e. The van der Waals surface area contributed by atoms with E-state index >= 15 is 0 Å². The van der Waals surface area contributed by atoms with E-state index in [2.05, 4.69) is 45.0 Å². The van der Waals surface area contributed by atoms with Crippen LogP contribution in [0.3, 0.4) is 0 Å². The van der Waals surface area contributed by atoms with Gasteiger partial charge in [-0.3, -0.25) is 9.97 Å². The molecular formula is C14H14N2Pd. The third-order valence-corrected chi connectivity index (χ3v) is 2.34. The number of pyridine rings is 2. The molecule has 2 heterocycles. The van der Waals surface area contributed by atoms with Gasteiger partial charge in [0, 0.05) is 23.2 Å². The molecule has 17 heavy (non-hydrogen) atoms. The number of aromatic nitrogens is 2. The predicted octanol–water partition coefficient (Wildman–Crippen LogP) is 3.95. The van der Waals surface area contributed by atoms with Crippen molar-refractivity contribution in [2.24, 2.45) is 0 Å². The molecule has 1 aromatic carbocycles. The predicted molar refractivity (Wildman–Crippen MR) is 68.8 cm³/mol. The van der Waals surface area contributed by atoms with E-state index in [4.69, 9.17) is 0 Å². The van der Waals surface area contributed by atoms with E-state index in [-0.39, 0.29) is 0 Å². The molecule has 0 aliphatic heterocycles. The van der Waals surface area contributed by atoms with Gasteiger partial charge in [0.05, 0.1) is 11.0 Å². The van der Waals surface area contributed by atoms with Gasteiger partial charge >= 0.3 is 28.8 Å². The second-order valence-electron chi connectivity index (χ2n) is 3.53. The molecule has 0 saturated heterocycles. The van der Waals surface area contributed by atoms with Gasteiger partial charge < -0.3 is 0 Å². The fraction of sp³-hybridized carbons (Fsp3) is 0.143. The Hall–Kier alpha value is -1.30. The molecule has 0 amide bonds. The number of nitrogens with zero attached hydrogens (tertiary/aromatic N) is 2. The zero-order chi connectivity index (χ0) is 12.1. The smallest absolute Gasteiger partial charge is 0.0964 e. The van der Waals surface area contributed by atoms with Gasteiger partial charge in [0.15, 0.2) is 0 Å². The van der Waals surface area contributed by atoms with E-state index in [1.165, 1.54) is 0 Å². The van der Waals surface area contributed by atoms with Crippen molar-refractivity contribution in [2.45, 2.75) is 10.8 Å². The Labute approximate surface area is 109 Å². The third-order valence-electron chi connectivity index (χ3n) is 2.34. The first kappa shape index (κ1) is 12.2. The molecule has 2 aromatic heterocycles. The SMILES string of the molecule is [CH3][Pd][CH3].c1cnc2c(c1)ccc1cccnc12. The molecule has 0 fully saturated rings. The van der Waals surface area contributed by atoms with Crippen molar-refractivity contribution in [1.82, 2.24) is 9.97 Å². The molecular weight excluding hydrogens is 303 g/mol. The van der Waals surface area contributed by atoms with Crippen LogP contribution in [0.15, 0.2) is 48.8 Å². The second-order valence-corrected chi connectivity index (χ2v) is 5.09. The number of benzene rings is 1. The van der Waals surface area contributed by atoms with Crippen molar-refractivity contribution < 1.29 is 18.0 Å². The van der Waals surface area contributed by atoms with Crippen molar-refractivity contribution in [2.75, 3.05) is 0 Å². The van der Waals surface area contributed by atoms with E-state index in [1.54, 1.807) is 12.4 Å². The first-order valence-electron chi connectivity index (χ1n) is 5.17. The Kier molecular flexibility index (Phi) is 4.19. The van der Waals surface area contributed by atoms with Crippen LogP contribution in [0.4, 0.5) is 0 Å². The summed E-state index contributed by atoms with van der Waals surface area (Å²) in [6.45, 7) is 0. The average Bonchev–Trinajstić information content (AvgIpc) is 2.40. The molecule has 0 saturated carbocycles. The Morgan fingerprint density at radius 2 is 1.18 bits per heavy atom. The van der Waals surface area contributed by atoms with Gasteiger partial charge in [0.1, 0.15) is 0 Å². The third kappa shape index (κ3) is 2.69. The molecule has 0 unspecified atom stereocenters. The van der Waals surface area contributed by atoms with Crippen LogP contribution < -0.4 is 0 Å². The summed E-state index contributed by atoms with van der Waals surface area (Å²) in [5.41, 5.74) is 1.95. The normalized spacial score (nSPS) is 10.2. The molecule has 0 N–H and O–H groups in total. The summed E-state index contributed by atoms with van der Waals surface area (Å²) in [7, 11) is 0. The summed E-state index contributed by atoms with van der Waals surface area (Å²) in [6, 6.07) is 12.1. The summed E-state index contributed by atoms with van der Waals surface area (Å²) >= 11 is 0.950. The van der Waals surface area contributed by atoms with Gasteiger partial charge in [-0.2, -0.15) is 0 Å². The van der Waals surface area contributed by atoms with Gasteiger partial charge in [-0.05, 0) is 12.1 Å². The van der Waals surface area contributed by atoms with Gasteiger partial charge in [-0.1, -0.05) is 24.3 Å². The van der Waals surface area contributed by atoms with Crippen molar-refractivity contribution in [3.63, 3.8) is 0 Å². The molecule has 0 radical (unpaired) electrons. The molecule has 0 aliphatic carbocycles. The number of hydrogen-bond donors (Lipinski definition) is 0. The van der Waals surface area contributed by atoms with Crippen LogP contribution >= 0.6 is 0 Å². The van der Waals surface area contributed by atoms with Crippen LogP contribution in [-0.4, -0.2) is 9.97 Å². The average molecular weight is 317 g/mol. The minimum absolute atomic E-state index is 0.950. The molecule has 0 bridgehead atoms. The zero-order valence-corrected chi connectivity index (χ0v) is 11.4. The van der Waals surface area contributed by atoms with Gasteiger partial charge in [0.2, 0.25) is 0 Å². The monoisotopic (exact) mass is 316 g/mol. The zero-order valence-electron chi connectivity index (χ0n) is 9.83. The Bertz CT molecular complexity index is 568. The van der Waals surface area contributed by atoms with Crippen molar-refractivity contribution in [1.29, 1.82) is 0 Å². The van der Waals surface area contributed by atoms with Crippen molar-refractivity contribution in [3.05, 3.63) is 48.8 Å². The number of fused-ring (bicyclic) bond motifs is 3. The minimum atomic E-state index is 0.950. The topological polar surface area (TPSA) is 25.8 Å². The standard InChI is InChI=1S/C12H8N2.2CH3.Pd/c1-3-9-5-6-10-4-2-8-14-12(10)11(9)13-7-1;;;/h1-8H;2*1H3;. The maximum absolute atomic E-state index is 4.35. The van der Waals surface area contributed by atoms with Crippen LogP contribution in [0.1, 0.15) is 0 Å². The molecule has 3 heteroatoms. The molecule has 0 atom stereocenters. The van der Waals surface area contributed by atoms with Crippen molar-refractivity contribution >= 4 is 21.8 Å². The van der Waals surface area contributed by atoms with Crippen LogP contribution in [0.5, 0.6) is 0 Å². The minimum Gasteiger partial charge on any atom is -0.254 e. The summed E-state index contributed by atoms with van der Waals surface area (Å²) in [5, 5.41) is 6.63. The van der Waals surface area contributed by atoms with Gasteiger partial charge in [-0.25, -0.2) is 0 Å². The largest absolute Gasteiger partial charge is 0.254 e. The summed E-state index contributed by atoms with van der Waals surface area (Å²) in [5.74, 6) is 0. The first-order chi connectivity index (χ1) is 8.36. The van der Waals surface area contributed by atoms with Crippen LogP contribution in [0.25, 0.3) is 21.8 Å². The van der Waals surface area contributed by atoms with E-state index < -0.39 is 0 Å². The number of rotatable bonds is 0. The molecule has 3 rings (SSSR count). The maximum atomic E-state index is 4.35. The van der Waals surface area contributed by atoms with Crippen LogP contribution in [0, 0.1) is 0 Å². The van der Waals surface area contributed by atoms with E-state index in [0.717, 1.165) is 39.8 Å². The van der Waals surface area contributed by atoms with Crippen LogP contribution in [0.2, 0.25) is 10.8 Å². The number of hydrogen-bond acceptors (Lipinski definition) is 2. The first-order valence-corrected chi connectivity index (χ1v) is 8.28. The van der Waals surface area contributed by atoms with Gasteiger partial charge in [0.25, 0.3) is 0 Å². The van der Waals surface area contributed by atoms with E-state index in [9.17, 15) is 0 Å². The Morgan fingerprint density at radius 3 is 1.59 bits per heavy atom. The van der Waals surface area contributed by atoms with Crippen molar-refractivity contribution in [3.8, 4) is 0 Å². The molecule has 0 aliphatic rings. The fourth-order valence-electron chi connectivity index (χ4n) is 1.68. The Balaban J connectivity index is 0.000000329. The Morgan fingerprint density at radius 1 is 0.765 bits per heavy atom. The van der Waals surface area contributed by atoms with E-state index in [0.29, 0.717) is 0 Å². The fourth-order valence-corrected chi connectivity index (χ4v) is 1.68. The van der Waals surface area contributed by atoms with E-state index in [1.807, 2.05) is 12.1 Å². The molecule has 90 valence electrons. The quantitative estimate of drug-likeness (QED) is 0.463. The molecule has 2 nitrogen and oxygen atoms in total. The van der Waals surface area contributed by atoms with Gasteiger partial charge in [-0.15, -0.1) is 0 Å². The molecule has 0 spiro atoms. The second kappa shape index (κ2) is 5.86. The summed E-state index contributed by atoms with van der Waals surface area (Å²) in [6.07, 6.45) is 3.60. The van der Waals surface area contributed by atoms with Crippen LogP contribution in [-0.2, 0) is 18.0 Å².